The van der Waals surface area contributed by atoms with E-state index in [1.165, 1.54) is 0 Å². The van der Waals surface area contributed by atoms with Crippen molar-refractivity contribution in [3.8, 4) is 11.5 Å². The van der Waals surface area contributed by atoms with Crippen LogP contribution in [0.1, 0.15) is 38.2 Å². The van der Waals surface area contributed by atoms with Crippen LogP contribution in [0.5, 0.6) is 11.5 Å². The predicted octanol–water partition coefficient (Wildman–Crippen LogP) is 3.12. The van der Waals surface area contributed by atoms with E-state index >= 15 is 0 Å². The zero-order valence-electron chi connectivity index (χ0n) is 14.3. The summed E-state index contributed by atoms with van der Waals surface area (Å²) in [6.45, 7) is 4.82. The van der Waals surface area contributed by atoms with E-state index in [0.29, 0.717) is 6.61 Å². The lowest BCUT2D eigenvalue weighted by Gasteiger charge is -2.15. The minimum atomic E-state index is 0.195. The molecule has 1 rings (SSSR count). The van der Waals surface area contributed by atoms with Gasteiger partial charge in [0.05, 0.1) is 13.2 Å². The van der Waals surface area contributed by atoms with Gasteiger partial charge in [0.25, 0.3) is 0 Å². The van der Waals surface area contributed by atoms with Gasteiger partial charge in [0.2, 0.25) is 0 Å². The smallest absolute Gasteiger partial charge is 0.122 e. The van der Waals surface area contributed by atoms with E-state index in [1.807, 2.05) is 18.2 Å². The third-order valence-corrected chi connectivity index (χ3v) is 3.41. The number of benzene rings is 1. The SMILES string of the molecule is CCCCOc1ccc(OCCCN(C)C)c(CCCO)c1. The Hall–Kier alpha value is -1.26. The van der Waals surface area contributed by atoms with E-state index in [-0.39, 0.29) is 6.61 Å². The Labute approximate surface area is 135 Å². The Morgan fingerprint density at radius 2 is 1.82 bits per heavy atom. The molecule has 1 aromatic rings. The number of aliphatic hydroxyl groups excluding tert-OH is 1. The van der Waals surface area contributed by atoms with Gasteiger partial charge in [-0.25, -0.2) is 0 Å². The number of nitrogens with zero attached hydrogens (tertiary/aromatic N) is 1. The lowest BCUT2D eigenvalue weighted by atomic mass is 10.1. The maximum atomic E-state index is 9.06. The molecule has 0 heterocycles. The van der Waals surface area contributed by atoms with Crippen LogP contribution in [0.25, 0.3) is 0 Å². The molecule has 0 aliphatic heterocycles. The maximum absolute atomic E-state index is 9.06. The molecule has 4 heteroatoms. The van der Waals surface area contributed by atoms with Gasteiger partial charge in [0.15, 0.2) is 0 Å². The summed E-state index contributed by atoms with van der Waals surface area (Å²) < 4.78 is 11.7. The Balaban J connectivity index is 2.60. The Kier molecular flexibility index (Phi) is 9.67. The molecule has 0 fully saturated rings. The quantitative estimate of drug-likeness (QED) is 0.602. The molecule has 0 amide bonds. The number of hydrogen-bond donors (Lipinski definition) is 1. The van der Waals surface area contributed by atoms with E-state index in [4.69, 9.17) is 14.6 Å². The monoisotopic (exact) mass is 309 g/mol. The fourth-order valence-corrected chi connectivity index (χ4v) is 2.15. The first-order chi connectivity index (χ1) is 10.7. The van der Waals surface area contributed by atoms with Gasteiger partial charge < -0.3 is 19.5 Å². The van der Waals surface area contributed by atoms with Crippen LogP contribution in [0.4, 0.5) is 0 Å². The van der Waals surface area contributed by atoms with Gasteiger partial charge in [-0.1, -0.05) is 13.3 Å². The molecular weight excluding hydrogens is 278 g/mol. The van der Waals surface area contributed by atoms with Crippen molar-refractivity contribution in [2.45, 2.75) is 39.0 Å². The molecule has 0 spiro atoms. The summed E-state index contributed by atoms with van der Waals surface area (Å²) in [4.78, 5) is 2.15. The maximum Gasteiger partial charge on any atom is 0.122 e. The molecule has 0 saturated heterocycles. The molecule has 126 valence electrons. The number of aryl methyl sites for hydroxylation is 1. The van der Waals surface area contributed by atoms with Crippen LogP contribution in [-0.2, 0) is 6.42 Å². The Morgan fingerprint density at radius 1 is 1.05 bits per heavy atom. The highest BCUT2D eigenvalue weighted by atomic mass is 16.5. The van der Waals surface area contributed by atoms with Crippen molar-refractivity contribution in [2.75, 3.05) is 40.5 Å². The highest BCUT2D eigenvalue weighted by molar-refractivity contribution is 5.40. The largest absolute Gasteiger partial charge is 0.494 e. The van der Waals surface area contributed by atoms with Crippen LogP contribution in [-0.4, -0.2) is 50.5 Å². The predicted molar refractivity (Wildman–Crippen MR) is 90.9 cm³/mol. The minimum absolute atomic E-state index is 0.195. The fourth-order valence-electron chi connectivity index (χ4n) is 2.15. The first-order valence-electron chi connectivity index (χ1n) is 8.31. The highest BCUT2D eigenvalue weighted by Gasteiger charge is 2.06. The summed E-state index contributed by atoms with van der Waals surface area (Å²) in [5, 5.41) is 9.06. The van der Waals surface area contributed by atoms with Crippen molar-refractivity contribution in [1.82, 2.24) is 4.90 Å². The Morgan fingerprint density at radius 3 is 2.50 bits per heavy atom. The summed E-state index contributed by atoms with van der Waals surface area (Å²) in [5.74, 6) is 1.80. The second-order valence-corrected chi connectivity index (χ2v) is 5.80. The third kappa shape index (κ3) is 7.66. The van der Waals surface area contributed by atoms with Crippen LogP contribution in [0.15, 0.2) is 18.2 Å². The van der Waals surface area contributed by atoms with Crippen molar-refractivity contribution < 1.29 is 14.6 Å². The van der Waals surface area contributed by atoms with Crippen LogP contribution < -0.4 is 9.47 Å². The number of aliphatic hydroxyl groups is 1. The second kappa shape index (κ2) is 11.3. The second-order valence-electron chi connectivity index (χ2n) is 5.80. The average molecular weight is 309 g/mol. The lowest BCUT2D eigenvalue weighted by Crippen LogP contribution is -2.15. The highest BCUT2D eigenvalue weighted by Crippen LogP contribution is 2.26. The number of rotatable bonds is 12. The van der Waals surface area contributed by atoms with E-state index < -0.39 is 0 Å². The van der Waals surface area contributed by atoms with Gasteiger partial charge in [0.1, 0.15) is 11.5 Å². The van der Waals surface area contributed by atoms with Gasteiger partial charge in [-0.05, 0) is 63.5 Å². The number of hydrogen-bond acceptors (Lipinski definition) is 4. The van der Waals surface area contributed by atoms with Gasteiger partial charge in [0, 0.05) is 13.2 Å². The first-order valence-corrected chi connectivity index (χ1v) is 8.31. The first kappa shape index (κ1) is 18.8. The molecule has 0 aromatic heterocycles. The molecule has 1 aromatic carbocycles. The third-order valence-electron chi connectivity index (χ3n) is 3.41. The molecule has 0 saturated carbocycles. The number of ether oxygens (including phenoxy) is 2. The number of unbranched alkanes of at least 4 members (excludes halogenated alkanes) is 1. The van der Waals surface area contributed by atoms with Crippen molar-refractivity contribution in [2.24, 2.45) is 0 Å². The zero-order chi connectivity index (χ0) is 16.2. The van der Waals surface area contributed by atoms with Crippen molar-refractivity contribution >= 4 is 0 Å². The standard InChI is InChI=1S/C18H31NO3/c1-4-5-13-21-17-9-10-18(16(15-17)8-6-12-20)22-14-7-11-19(2)3/h9-10,15,20H,4-8,11-14H2,1-3H3. The van der Waals surface area contributed by atoms with Crippen LogP contribution >= 0.6 is 0 Å². The molecule has 0 radical (unpaired) electrons. The summed E-state index contributed by atoms with van der Waals surface area (Å²) >= 11 is 0. The van der Waals surface area contributed by atoms with Crippen LogP contribution in [0, 0.1) is 0 Å². The van der Waals surface area contributed by atoms with Gasteiger partial charge >= 0.3 is 0 Å². The van der Waals surface area contributed by atoms with Gasteiger partial charge in [-0.15, -0.1) is 0 Å². The average Bonchev–Trinajstić information content (AvgIpc) is 2.50. The molecule has 0 bridgehead atoms. The molecule has 0 aliphatic carbocycles. The van der Waals surface area contributed by atoms with Gasteiger partial charge in [-0.3, -0.25) is 0 Å². The van der Waals surface area contributed by atoms with E-state index in [9.17, 15) is 0 Å². The molecule has 0 aliphatic rings. The van der Waals surface area contributed by atoms with Gasteiger partial charge in [-0.2, -0.15) is 0 Å². The summed E-state index contributed by atoms with van der Waals surface area (Å²) in [5.41, 5.74) is 1.12. The van der Waals surface area contributed by atoms with Crippen LogP contribution in [0.2, 0.25) is 0 Å². The Bertz CT molecular complexity index is 407. The van der Waals surface area contributed by atoms with Crippen LogP contribution in [0.3, 0.4) is 0 Å². The van der Waals surface area contributed by atoms with Crippen molar-refractivity contribution in [3.63, 3.8) is 0 Å². The minimum Gasteiger partial charge on any atom is -0.494 e. The lowest BCUT2D eigenvalue weighted by molar-refractivity contribution is 0.272. The zero-order valence-corrected chi connectivity index (χ0v) is 14.3. The summed E-state index contributed by atoms with van der Waals surface area (Å²) in [6, 6.07) is 6.01. The normalized spacial score (nSPS) is 11.0. The fraction of sp³-hybridized carbons (Fsp3) is 0.667. The topological polar surface area (TPSA) is 41.9 Å². The molecule has 0 unspecified atom stereocenters. The van der Waals surface area contributed by atoms with E-state index in [0.717, 1.165) is 62.3 Å². The van der Waals surface area contributed by atoms with Crippen molar-refractivity contribution in [1.29, 1.82) is 0 Å². The van der Waals surface area contributed by atoms with Crippen molar-refractivity contribution in [3.05, 3.63) is 23.8 Å². The molecule has 0 atom stereocenters. The van der Waals surface area contributed by atoms with E-state index in [1.54, 1.807) is 0 Å². The summed E-state index contributed by atoms with van der Waals surface area (Å²) in [6.07, 6.45) is 4.75. The van der Waals surface area contributed by atoms with E-state index in [2.05, 4.69) is 25.9 Å². The molecular formula is C18H31NO3. The molecule has 22 heavy (non-hydrogen) atoms. The molecule has 4 nitrogen and oxygen atoms in total. The molecule has 1 N–H and O–H groups in total. The summed E-state index contributed by atoms with van der Waals surface area (Å²) in [7, 11) is 4.13.